The van der Waals surface area contributed by atoms with Gasteiger partial charge in [0.15, 0.2) is 11.6 Å². The lowest BCUT2D eigenvalue weighted by Gasteiger charge is -2.36. The van der Waals surface area contributed by atoms with E-state index < -0.39 is 34.8 Å². The zero-order valence-corrected chi connectivity index (χ0v) is 16.8. The van der Waals surface area contributed by atoms with Crippen molar-refractivity contribution in [1.82, 2.24) is 9.80 Å². The number of primary amides is 1. The van der Waals surface area contributed by atoms with Gasteiger partial charge in [0, 0.05) is 44.8 Å². The molecule has 1 aromatic carbocycles. The molecule has 0 unspecified atom stereocenters. The zero-order valence-electron chi connectivity index (χ0n) is 16.8. The first-order chi connectivity index (χ1) is 13.3. The van der Waals surface area contributed by atoms with Crippen molar-refractivity contribution >= 4 is 6.09 Å². The molecule has 1 fully saturated rings. The molecule has 1 aromatic rings. The number of alkyl halides is 3. The number of amides is 1. The third-order valence-electron chi connectivity index (χ3n) is 4.87. The number of halogens is 4. The first kappa shape index (κ1) is 23.4. The number of rotatable bonds is 5. The van der Waals surface area contributed by atoms with Crippen molar-refractivity contribution in [3.05, 3.63) is 28.6 Å². The molecule has 1 saturated heterocycles. The average molecular weight is 421 g/mol. The predicted octanol–water partition coefficient (Wildman–Crippen LogP) is 2.71. The largest absolute Gasteiger partial charge is 0.416 e. The maximum atomic E-state index is 15.1. The van der Waals surface area contributed by atoms with Crippen molar-refractivity contribution in [2.24, 2.45) is 5.73 Å². The molecule has 10 heteroatoms. The van der Waals surface area contributed by atoms with Gasteiger partial charge in [-0.2, -0.15) is 13.2 Å². The Labute approximate surface area is 167 Å². The molecule has 1 aliphatic heterocycles. The second-order valence-electron chi connectivity index (χ2n) is 8.10. The number of ether oxygens (including phenoxy) is 1. The van der Waals surface area contributed by atoms with Gasteiger partial charge in [-0.3, -0.25) is 9.80 Å². The second-order valence-corrected chi connectivity index (χ2v) is 8.10. The van der Waals surface area contributed by atoms with Crippen LogP contribution in [0.2, 0.25) is 0 Å². The standard InChI is InChI=1S/C19H27F4N3O3/c1-18(2,3)15-12(11-26-6-4-25(5-7-26)8-9-27)13(19(21,22)23)10-14(16(15)20)29-17(24)28/h10,27H,4-9,11H2,1-3H3,(H2,24,28). The lowest BCUT2D eigenvalue weighted by molar-refractivity contribution is -0.138. The molecule has 1 heterocycles. The summed E-state index contributed by atoms with van der Waals surface area (Å²) in [5.74, 6) is -1.84. The van der Waals surface area contributed by atoms with Crippen LogP contribution in [0.3, 0.4) is 0 Å². The van der Waals surface area contributed by atoms with Gasteiger partial charge in [-0.1, -0.05) is 20.8 Å². The number of carbonyl (C=O) groups excluding carboxylic acids is 1. The predicted molar refractivity (Wildman–Crippen MR) is 99.1 cm³/mol. The van der Waals surface area contributed by atoms with Crippen molar-refractivity contribution in [2.45, 2.75) is 38.9 Å². The van der Waals surface area contributed by atoms with Crippen molar-refractivity contribution < 1.29 is 32.2 Å². The summed E-state index contributed by atoms with van der Waals surface area (Å²) in [6.45, 7) is 7.39. The summed E-state index contributed by atoms with van der Waals surface area (Å²) in [7, 11) is 0. The number of nitrogens with two attached hydrogens (primary N) is 1. The Bertz CT molecular complexity index is 740. The van der Waals surface area contributed by atoms with Crippen LogP contribution in [0.1, 0.15) is 37.5 Å². The molecular weight excluding hydrogens is 394 g/mol. The molecule has 1 amide bonds. The molecule has 0 aromatic heterocycles. The fraction of sp³-hybridized carbons (Fsp3) is 0.632. The molecule has 0 saturated carbocycles. The number of β-amino-alcohol motifs (C(OH)–C–C–N with tert-alkyl or cyclic N) is 1. The molecular formula is C19H27F4N3O3. The Hall–Kier alpha value is -1.91. The fourth-order valence-corrected chi connectivity index (χ4v) is 3.59. The summed E-state index contributed by atoms with van der Waals surface area (Å²) >= 11 is 0. The minimum Gasteiger partial charge on any atom is -0.407 e. The van der Waals surface area contributed by atoms with E-state index in [0.29, 0.717) is 38.8 Å². The molecule has 2 rings (SSSR count). The summed E-state index contributed by atoms with van der Waals surface area (Å²) in [4.78, 5) is 14.9. The van der Waals surface area contributed by atoms with Gasteiger partial charge >= 0.3 is 12.3 Å². The van der Waals surface area contributed by atoms with Crippen molar-refractivity contribution in [2.75, 3.05) is 39.3 Å². The summed E-state index contributed by atoms with van der Waals surface area (Å²) in [6, 6.07) is 0.507. The van der Waals surface area contributed by atoms with Gasteiger partial charge in [-0.05, 0) is 17.0 Å². The topological polar surface area (TPSA) is 79.0 Å². The van der Waals surface area contributed by atoms with Crippen molar-refractivity contribution in [3.63, 3.8) is 0 Å². The van der Waals surface area contributed by atoms with Gasteiger partial charge in [0.05, 0.1) is 12.2 Å². The minimum atomic E-state index is -4.77. The first-order valence-corrected chi connectivity index (χ1v) is 9.30. The third-order valence-corrected chi connectivity index (χ3v) is 4.87. The molecule has 3 N–H and O–H groups in total. The number of aliphatic hydroxyl groups excluding tert-OH is 1. The van der Waals surface area contributed by atoms with Crippen LogP contribution in [0.5, 0.6) is 5.75 Å². The van der Waals surface area contributed by atoms with Crippen molar-refractivity contribution in [1.29, 1.82) is 0 Å². The van der Waals surface area contributed by atoms with Crippen LogP contribution >= 0.6 is 0 Å². The Kier molecular flexibility index (Phi) is 7.13. The van der Waals surface area contributed by atoms with E-state index in [1.54, 1.807) is 20.8 Å². The van der Waals surface area contributed by atoms with Crippen LogP contribution in [0, 0.1) is 5.82 Å². The van der Waals surface area contributed by atoms with Crippen molar-refractivity contribution in [3.8, 4) is 5.75 Å². The molecule has 1 aliphatic rings. The summed E-state index contributed by atoms with van der Waals surface area (Å²) < 4.78 is 61.1. The van der Waals surface area contributed by atoms with Gasteiger partial charge < -0.3 is 15.6 Å². The number of carbonyl (C=O) groups is 1. The maximum absolute atomic E-state index is 15.1. The van der Waals surface area contributed by atoms with E-state index in [9.17, 15) is 18.0 Å². The van der Waals surface area contributed by atoms with Gasteiger partial charge in [0.2, 0.25) is 0 Å². The number of hydrogen-bond donors (Lipinski definition) is 2. The van der Waals surface area contributed by atoms with E-state index in [4.69, 9.17) is 10.8 Å². The molecule has 29 heavy (non-hydrogen) atoms. The minimum absolute atomic E-state index is 0.0128. The summed E-state index contributed by atoms with van der Waals surface area (Å²) in [5, 5.41) is 9.02. The van der Waals surface area contributed by atoms with Gasteiger partial charge in [-0.25, -0.2) is 9.18 Å². The molecule has 0 atom stereocenters. The summed E-state index contributed by atoms with van der Waals surface area (Å²) in [5.41, 5.74) is 2.55. The molecule has 0 bridgehead atoms. The Morgan fingerprint density at radius 3 is 2.17 bits per heavy atom. The van der Waals surface area contributed by atoms with E-state index in [1.165, 1.54) is 0 Å². The smallest absolute Gasteiger partial charge is 0.407 e. The highest BCUT2D eigenvalue weighted by Crippen LogP contribution is 2.42. The maximum Gasteiger partial charge on any atom is 0.416 e. The highest BCUT2D eigenvalue weighted by atomic mass is 19.4. The number of piperazine rings is 1. The van der Waals surface area contributed by atoms with Crippen LogP contribution in [0.15, 0.2) is 6.07 Å². The van der Waals surface area contributed by atoms with Crippen LogP contribution in [0.4, 0.5) is 22.4 Å². The molecule has 0 aliphatic carbocycles. The van der Waals surface area contributed by atoms with E-state index in [2.05, 4.69) is 4.74 Å². The molecule has 0 spiro atoms. The van der Waals surface area contributed by atoms with Crippen LogP contribution < -0.4 is 10.5 Å². The highest BCUT2D eigenvalue weighted by molar-refractivity contribution is 5.68. The monoisotopic (exact) mass is 421 g/mol. The second kappa shape index (κ2) is 8.85. The average Bonchev–Trinajstić information content (AvgIpc) is 2.56. The Morgan fingerprint density at radius 1 is 1.17 bits per heavy atom. The van der Waals surface area contributed by atoms with E-state index in [-0.39, 0.29) is 24.3 Å². The lowest BCUT2D eigenvalue weighted by atomic mass is 9.81. The zero-order chi connectivity index (χ0) is 22.0. The number of benzene rings is 1. The van der Waals surface area contributed by atoms with E-state index >= 15 is 4.39 Å². The van der Waals surface area contributed by atoms with Crippen LogP contribution in [-0.2, 0) is 18.1 Å². The van der Waals surface area contributed by atoms with Crippen LogP contribution in [0.25, 0.3) is 0 Å². The number of nitrogens with zero attached hydrogens (tertiary/aromatic N) is 2. The fourth-order valence-electron chi connectivity index (χ4n) is 3.59. The van der Waals surface area contributed by atoms with Gasteiger partial charge in [0.1, 0.15) is 0 Å². The number of hydrogen-bond acceptors (Lipinski definition) is 5. The van der Waals surface area contributed by atoms with Crippen LogP contribution in [-0.4, -0.2) is 60.3 Å². The highest BCUT2D eigenvalue weighted by Gasteiger charge is 2.40. The van der Waals surface area contributed by atoms with E-state index in [1.807, 2.05) is 9.80 Å². The molecule has 164 valence electrons. The first-order valence-electron chi connectivity index (χ1n) is 9.30. The quantitative estimate of drug-likeness (QED) is 0.715. The normalized spacial score (nSPS) is 16.8. The number of aliphatic hydroxyl groups is 1. The molecule has 0 radical (unpaired) electrons. The third kappa shape index (κ3) is 5.80. The Morgan fingerprint density at radius 2 is 1.72 bits per heavy atom. The van der Waals surface area contributed by atoms with E-state index in [0.717, 1.165) is 0 Å². The SMILES string of the molecule is CC(C)(C)c1c(F)c(OC(N)=O)cc(C(F)(F)F)c1CN1CCN(CCO)CC1. The van der Waals surface area contributed by atoms with Gasteiger partial charge in [0.25, 0.3) is 0 Å². The Balaban J connectivity index is 2.51. The van der Waals surface area contributed by atoms with Gasteiger partial charge in [-0.15, -0.1) is 0 Å². The molecule has 6 nitrogen and oxygen atoms in total. The lowest BCUT2D eigenvalue weighted by Crippen LogP contribution is -2.47. The summed E-state index contributed by atoms with van der Waals surface area (Å²) in [6.07, 6.45) is -6.15.